The van der Waals surface area contributed by atoms with Gasteiger partial charge in [0.05, 0.1) is 0 Å². The molecule has 0 aliphatic heterocycles. The summed E-state index contributed by atoms with van der Waals surface area (Å²) in [4.78, 5) is 0. The summed E-state index contributed by atoms with van der Waals surface area (Å²) in [6.45, 7) is 3.02. The minimum absolute atomic E-state index is 0.0486. The van der Waals surface area contributed by atoms with E-state index >= 15 is 0 Å². The summed E-state index contributed by atoms with van der Waals surface area (Å²) >= 11 is 0. The standard InChI is InChI=1S/C27H17F7O/c1-14-3-5-16(6-4-14)17-9-24(31)26(25(32)10-17)27(33,34)35-19-7-8-20(23(30)13-19)18-11-21(28)15(2)22(29)12-18/h3-13H,1-2H3. The molecule has 0 aliphatic carbocycles. The van der Waals surface area contributed by atoms with Gasteiger partial charge in [-0.2, -0.15) is 8.78 Å². The molecule has 8 heteroatoms. The number of hydrogen-bond acceptors (Lipinski definition) is 1. The average molecular weight is 490 g/mol. The summed E-state index contributed by atoms with van der Waals surface area (Å²) in [5.74, 6) is -6.79. The molecule has 0 heterocycles. The Hall–Kier alpha value is -3.81. The molecule has 0 N–H and O–H groups in total. The van der Waals surface area contributed by atoms with Gasteiger partial charge in [-0.05, 0) is 66.9 Å². The van der Waals surface area contributed by atoms with Crippen LogP contribution in [0.3, 0.4) is 0 Å². The van der Waals surface area contributed by atoms with Gasteiger partial charge in [0.25, 0.3) is 0 Å². The van der Waals surface area contributed by atoms with Gasteiger partial charge in [0.15, 0.2) is 0 Å². The average Bonchev–Trinajstić information content (AvgIpc) is 2.76. The first kappa shape index (κ1) is 24.3. The molecule has 0 bridgehead atoms. The van der Waals surface area contributed by atoms with Crippen LogP contribution in [-0.2, 0) is 6.11 Å². The van der Waals surface area contributed by atoms with E-state index in [1.807, 2.05) is 6.92 Å². The lowest BCUT2D eigenvalue weighted by molar-refractivity contribution is -0.189. The lowest BCUT2D eigenvalue weighted by atomic mass is 10.0. The third kappa shape index (κ3) is 4.87. The zero-order valence-electron chi connectivity index (χ0n) is 18.4. The fourth-order valence-corrected chi connectivity index (χ4v) is 3.56. The Kier molecular flexibility index (Phi) is 6.32. The summed E-state index contributed by atoms with van der Waals surface area (Å²) in [7, 11) is 0. The highest BCUT2D eigenvalue weighted by Gasteiger charge is 2.41. The van der Waals surface area contributed by atoms with Crippen molar-refractivity contribution in [2.24, 2.45) is 0 Å². The minimum Gasteiger partial charge on any atom is -0.429 e. The molecule has 0 saturated carbocycles. The summed E-state index contributed by atoms with van der Waals surface area (Å²) in [6, 6.07) is 12.3. The van der Waals surface area contributed by atoms with Gasteiger partial charge in [-0.15, -0.1) is 0 Å². The molecule has 0 fully saturated rings. The van der Waals surface area contributed by atoms with Crippen LogP contribution in [0, 0.1) is 42.9 Å². The highest BCUT2D eigenvalue weighted by molar-refractivity contribution is 5.66. The van der Waals surface area contributed by atoms with Gasteiger partial charge < -0.3 is 4.74 Å². The first-order valence-corrected chi connectivity index (χ1v) is 10.3. The maximum absolute atomic E-state index is 14.7. The zero-order valence-corrected chi connectivity index (χ0v) is 18.4. The van der Waals surface area contributed by atoms with Crippen molar-refractivity contribution in [1.29, 1.82) is 0 Å². The molecule has 1 nitrogen and oxygen atoms in total. The van der Waals surface area contributed by atoms with E-state index in [2.05, 4.69) is 4.74 Å². The van der Waals surface area contributed by atoms with Crippen LogP contribution in [0.5, 0.6) is 5.75 Å². The molecule has 4 aromatic rings. The van der Waals surface area contributed by atoms with Crippen molar-refractivity contribution in [2.75, 3.05) is 0 Å². The Labute approximate surface area is 196 Å². The summed E-state index contributed by atoms with van der Waals surface area (Å²) in [5, 5.41) is 0. The van der Waals surface area contributed by atoms with Crippen LogP contribution < -0.4 is 4.74 Å². The second-order valence-corrected chi connectivity index (χ2v) is 8.01. The summed E-state index contributed by atoms with van der Waals surface area (Å²) in [5.41, 5.74) is -0.962. The van der Waals surface area contributed by atoms with Crippen LogP contribution in [0.25, 0.3) is 22.3 Å². The number of aryl methyl sites for hydroxylation is 1. The summed E-state index contributed by atoms with van der Waals surface area (Å²) in [6.07, 6.45) is -4.49. The van der Waals surface area contributed by atoms with E-state index in [9.17, 15) is 30.7 Å². The predicted molar refractivity (Wildman–Crippen MR) is 118 cm³/mol. The van der Waals surface area contributed by atoms with Gasteiger partial charge in [0, 0.05) is 17.2 Å². The van der Waals surface area contributed by atoms with E-state index < -0.39 is 46.5 Å². The summed E-state index contributed by atoms with van der Waals surface area (Å²) < 4.78 is 105. The molecule has 0 unspecified atom stereocenters. The van der Waals surface area contributed by atoms with Gasteiger partial charge in [0.1, 0.15) is 40.4 Å². The first-order chi connectivity index (χ1) is 16.5. The van der Waals surface area contributed by atoms with Gasteiger partial charge in [-0.25, -0.2) is 22.0 Å². The van der Waals surface area contributed by atoms with E-state index in [0.717, 1.165) is 42.0 Å². The SMILES string of the molecule is Cc1ccc(-c2cc(F)c(C(F)(F)Oc3ccc(-c4cc(F)c(C)c(F)c4)c(F)c3)c(F)c2)cc1. The Bertz CT molecular complexity index is 1370. The lowest BCUT2D eigenvalue weighted by Gasteiger charge is -2.20. The fourth-order valence-electron chi connectivity index (χ4n) is 3.56. The Morgan fingerprint density at radius 2 is 1.11 bits per heavy atom. The van der Waals surface area contributed by atoms with E-state index in [0.29, 0.717) is 11.6 Å². The van der Waals surface area contributed by atoms with Crippen molar-refractivity contribution >= 4 is 0 Å². The zero-order chi connectivity index (χ0) is 25.5. The van der Waals surface area contributed by atoms with E-state index in [1.54, 1.807) is 24.3 Å². The van der Waals surface area contributed by atoms with Gasteiger partial charge in [0.2, 0.25) is 0 Å². The Morgan fingerprint density at radius 1 is 0.571 bits per heavy atom. The minimum atomic E-state index is -4.49. The highest BCUT2D eigenvalue weighted by atomic mass is 19.3. The van der Waals surface area contributed by atoms with Gasteiger partial charge in [-0.3, -0.25) is 0 Å². The van der Waals surface area contributed by atoms with Gasteiger partial charge >= 0.3 is 6.11 Å². The van der Waals surface area contributed by atoms with Crippen LogP contribution in [0.1, 0.15) is 16.7 Å². The van der Waals surface area contributed by atoms with Gasteiger partial charge in [-0.1, -0.05) is 29.8 Å². The molecule has 0 amide bonds. The highest BCUT2D eigenvalue weighted by Crippen LogP contribution is 2.38. The molecule has 180 valence electrons. The molecular weight excluding hydrogens is 473 g/mol. The monoisotopic (exact) mass is 490 g/mol. The number of ether oxygens (including phenoxy) is 1. The van der Waals surface area contributed by atoms with Crippen LogP contribution in [0.4, 0.5) is 30.7 Å². The molecule has 0 atom stereocenters. The number of rotatable bonds is 5. The smallest absolute Gasteiger partial charge is 0.429 e. The predicted octanol–water partition coefficient (Wildman–Crippen LogP) is 8.46. The van der Waals surface area contributed by atoms with Crippen molar-refractivity contribution in [3.63, 3.8) is 0 Å². The molecule has 0 aliphatic rings. The number of hydrogen-bond donors (Lipinski definition) is 0. The van der Waals surface area contributed by atoms with Crippen molar-refractivity contribution in [3.05, 3.63) is 113 Å². The lowest BCUT2D eigenvalue weighted by Crippen LogP contribution is -2.25. The van der Waals surface area contributed by atoms with E-state index in [-0.39, 0.29) is 22.3 Å². The molecule has 4 aromatic carbocycles. The molecule has 0 radical (unpaired) electrons. The van der Waals surface area contributed by atoms with Crippen molar-refractivity contribution in [3.8, 4) is 28.0 Å². The van der Waals surface area contributed by atoms with Crippen LogP contribution in [-0.4, -0.2) is 0 Å². The quantitative estimate of drug-likeness (QED) is 0.255. The molecule has 0 aromatic heterocycles. The van der Waals surface area contributed by atoms with Crippen LogP contribution in [0.2, 0.25) is 0 Å². The molecule has 35 heavy (non-hydrogen) atoms. The first-order valence-electron chi connectivity index (χ1n) is 10.3. The number of benzene rings is 4. The normalized spacial score (nSPS) is 11.6. The van der Waals surface area contributed by atoms with Crippen LogP contribution >= 0.6 is 0 Å². The number of halogens is 7. The Balaban J connectivity index is 1.64. The third-order valence-corrected chi connectivity index (χ3v) is 5.50. The second-order valence-electron chi connectivity index (χ2n) is 8.01. The molecule has 0 spiro atoms. The molecular formula is C27H17F7O. The van der Waals surface area contributed by atoms with Crippen LogP contribution in [0.15, 0.2) is 66.7 Å². The molecule has 4 rings (SSSR count). The number of alkyl halides is 2. The van der Waals surface area contributed by atoms with E-state index in [1.165, 1.54) is 6.92 Å². The largest absolute Gasteiger partial charge is 0.432 e. The Morgan fingerprint density at radius 3 is 1.66 bits per heavy atom. The second kappa shape index (κ2) is 9.09. The van der Waals surface area contributed by atoms with Crippen molar-refractivity contribution < 1.29 is 35.5 Å². The topological polar surface area (TPSA) is 9.23 Å². The third-order valence-electron chi connectivity index (χ3n) is 5.50. The van der Waals surface area contributed by atoms with Crippen molar-refractivity contribution in [2.45, 2.75) is 20.0 Å². The van der Waals surface area contributed by atoms with E-state index in [4.69, 9.17) is 0 Å². The fraction of sp³-hybridized carbons (Fsp3) is 0.111. The van der Waals surface area contributed by atoms with Crippen molar-refractivity contribution in [1.82, 2.24) is 0 Å². The maximum Gasteiger partial charge on any atom is 0.432 e. The maximum atomic E-state index is 14.7. The molecule has 0 saturated heterocycles.